The van der Waals surface area contributed by atoms with E-state index in [0.29, 0.717) is 11.8 Å². The molecule has 0 bridgehead atoms. The first kappa shape index (κ1) is 35.2. The Kier molecular flexibility index (Phi) is 30.4. The molecule has 2 saturated carbocycles. The quantitative estimate of drug-likeness (QED) is 0.213. The minimum atomic E-state index is 0. The van der Waals surface area contributed by atoms with Gasteiger partial charge in [-0.15, -0.1) is 24.8 Å². The number of allylic oxidation sites excluding steroid dienone is 8. The van der Waals surface area contributed by atoms with Crippen LogP contribution in [0, 0.1) is 36.8 Å². The molecule has 0 N–H and O–H groups in total. The Morgan fingerprint density at radius 1 is 0.700 bits per heavy atom. The summed E-state index contributed by atoms with van der Waals surface area (Å²) in [5.41, 5.74) is 2.54. The molecule has 0 heterocycles. The molecule has 2 atom stereocenters. The van der Waals surface area contributed by atoms with Crippen molar-refractivity contribution in [2.24, 2.45) is 11.8 Å². The summed E-state index contributed by atoms with van der Waals surface area (Å²) in [5, 5.41) is 0. The van der Waals surface area contributed by atoms with Crippen molar-refractivity contribution in [2.45, 2.75) is 91.9 Å². The van der Waals surface area contributed by atoms with Crippen LogP contribution in [-0.2, 0) is 23.3 Å². The van der Waals surface area contributed by atoms with Crippen LogP contribution in [0.1, 0.15) is 91.9 Å². The van der Waals surface area contributed by atoms with Crippen LogP contribution in [0.3, 0.4) is 0 Å². The Bertz CT molecular complexity index is 422. The maximum atomic E-state index is 3.22. The molecule has 0 saturated heterocycles. The molecule has 4 aliphatic carbocycles. The van der Waals surface area contributed by atoms with Crippen molar-refractivity contribution >= 4 is 31.7 Å². The van der Waals surface area contributed by atoms with Crippen LogP contribution in [0.4, 0.5) is 0 Å². The van der Waals surface area contributed by atoms with E-state index in [1.54, 1.807) is 23.3 Å². The van der Waals surface area contributed by atoms with Crippen LogP contribution < -0.4 is 0 Å². The molecular formula is C26H44Cl2SiZr-4. The molecule has 2 fully saturated rings. The molecule has 174 valence electrons. The molecular weight excluding hydrogens is 503 g/mol. The van der Waals surface area contributed by atoms with Gasteiger partial charge in [0.2, 0.25) is 0 Å². The number of rotatable bonds is 0. The Morgan fingerprint density at radius 3 is 1.07 bits per heavy atom. The molecule has 0 radical (unpaired) electrons. The Morgan fingerprint density at radius 2 is 1.00 bits per heavy atom. The van der Waals surface area contributed by atoms with Crippen LogP contribution in [0.25, 0.3) is 0 Å². The van der Waals surface area contributed by atoms with Crippen LogP contribution in [0.15, 0.2) is 35.5 Å². The second-order valence-electron chi connectivity index (χ2n) is 7.80. The van der Waals surface area contributed by atoms with E-state index < -0.39 is 0 Å². The summed E-state index contributed by atoms with van der Waals surface area (Å²) in [5.74, 6) is 1.11. The van der Waals surface area contributed by atoms with E-state index in [4.69, 9.17) is 0 Å². The SMILES string of the molecule is CC1=[C-]C(C)C=C1.CC1=[C-]C(C)C=C1.Cl.Cl.[CH-]1CCCCC1.[CH-]1CCCCC1.[SiH2]=[Zr]. The van der Waals surface area contributed by atoms with Crippen molar-refractivity contribution in [1.82, 2.24) is 0 Å². The van der Waals surface area contributed by atoms with Crippen molar-refractivity contribution in [3.05, 3.63) is 60.4 Å². The fourth-order valence-corrected chi connectivity index (χ4v) is 3.28. The van der Waals surface area contributed by atoms with Gasteiger partial charge in [-0.25, -0.2) is 23.3 Å². The van der Waals surface area contributed by atoms with Crippen LogP contribution >= 0.6 is 24.8 Å². The molecule has 0 aromatic rings. The number of hydrogen-bond acceptors (Lipinski definition) is 0. The average molecular weight is 547 g/mol. The van der Waals surface area contributed by atoms with Gasteiger partial charge in [-0.05, 0) is 0 Å². The van der Waals surface area contributed by atoms with E-state index in [0.717, 1.165) is 0 Å². The Balaban J connectivity index is -0.000000309. The van der Waals surface area contributed by atoms with Gasteiger partial charge in [0, 0.05) is 0 Å². The molecule has 0 aromatic heterocycles. The second-order valence-corrected chi connectivity index (χ2v) is 7.80. The standard InChI is InChI=1S/2C7H9.2C6H11.2ClH.H2Si.Zr/c2*1-6-3-4-7(2)5-6;2*1-2-4-6-5-3-1;;;;/h2*3-4,6H,1-2H3;2*1H,2-6H2;2*1H;1H2;/q4*-1;;;;. The molecule has 4 heteroatoms. The summed E-state index contributed by atoms with van der Waals surface area (Å²) >= 11 is 1.58. The van der Waals surface area contributed by atoms with E-state index in [9.17, 15) is 0 Å². The predicted octanol–water partition coefficient (Wildman–Crippen LogP) is 8.12. The first-order valence-electron chi connectivity index (χ1n) is 11.1. The summed E-state index contributed by atoms with van der Waals surface area (Å²) in [4.78, 5) is 0. The third kappa shape index (κ3) is 23.3. The van der Waals surface area contributed by atoms with Gasteiger partial charge in [-0.1, -0.05) is 78.1 Å². The summed E-state index contributed by atoms with van der Waals surface area (Å²) in [6, 6.07) is 0. The zero-order chi connectivity index (χ0) is 21.0. The van der Waals surface area contributed by atoms with Crippen molar-refractivity contribution in [1.29, 1.82) is 0 Å². The van der Waals surface area contributed by atoms with E-state index in [-0.39, 0.29) is 24.8 Å². The van der Waals surface area contributed by atoms with Gasteiger partial charge >= 0.3 is 30.2 Å². The maximum absolute atomic E-state index is 3.22. The minimum absolute atomic E-state index is 0. The first-order valence-corrected chi connectivity index (χ1v) is 17.1. The second kappa shape index (κ2) is 25.9. The van der Waals surface area contributed by atoms with Gasteiger partial charge in [0.1, 0.15) is 0 Å². The Hall–Kier alpha value is 0.640. The Labute approximate surface area is 217 Å². The van der Waals surface area contributed by atoms with E-state index in [1.807, 2.05) is 6.88 Å². The summed E-state index contributed by atoms with van der Waals surface area (Å²) in [6.07, 6.45) is 33.9. The fraction of sp³-hybridized carbons (Fsp3) is 0.615. The summed E-state index contributed by atoms with van der Waals surface area (Å²) < 4.78 is 0. The van der Waals surface area contributed by atoms with E-state index >= 15 is 0 Å². The average Bonchev–Trinajstić information content (AvgIpc) is 3.33. The summed E-state index contributed by atoms with van der Waals surface area (Å²) in [7, 11) is 0. The molecule has 0 nitrogen and oxygen atoms in total. The molecule has 0 aromatic carbocycles. The first-order chi connectivity index (χ1) is 13.6. The number of hydrogen-bond donors (Lipinski definition) is 0. The molecule has 4 aliphatic rings. The zero-order valence-electron chi connectivity index (χ0n) is 19.7. The van der Waals surface area contributed by atoms with Gasteiger partial charge in [0.05, 0.1) is 0 Å². The molecule has 0 aliphatic heterocycles. The third-order valence-corrected chi connectivity index (χ3v) is 4.81. The van der Waals surface area contributed by atoms with Gasteiger partial charge in [-0.3, -0.25) is 12.2 Å². The van der Waals surface area contributed by atoms with Crippen LogP contribution in [0.5, 0.6) is 0 Å². The van der Waals surface area contributed by atoms with Crippen molar-refractivity contribution in [2.75, 3.05) is 0 Å². The van der Waals surface area contributed by atoms with Crippen LogP contribution in [0.2, 0.25) is 0 Å². The van der Waals surface area contributed by atoms with Gasteiger partial charge in [0.25, 0.3) is 0 Å². The fourth-order valence-electron chi connectivity index (χ4n) is 3.28. The van der Waals surface area contributed by atoms with E-state index in [1.165, 1.54) is 75.4 Å². The van der Waals surface area contributed by atoms with Gasteiger partial charge < -0.3 is 12.8 Å². The molecule has 0 amide bonds. The number of halogens is 2. The van der Waals surface area contributed by atoms with Crippen molar-refractivity contribution in [3.8, 4) is 0 Å². The monoisotopic (exact) mass is 544 g/mol. The molecule has 4 rings (SSSR count). The molecule has 0 spiro atoms. The molecule has 30 heavy (non-hydrogen) atoms. The van der Waals surface area contributed by atoms with Gasteiger partial charge in [-0.2, -0.15) is 37.8 Å². The normalized spacial score (nSPS) is 22.9. The third-order valence-electron chi connectivity index (χ3n) is 4.81. The summed E-state index contributed by atoms with van der Waals surface area (Å²) in [6.45, 7) is 10.4. The zero-order valence-corrected chi connectivity index (χ0v) is 25.2. The van der Waals surface area contributed by atoms with Crippen molar-refractivity contribution in [3.63, 3.8) is 0 Å². The molecule has 2 unspecified atom stereocenters. The van der Waals surface area contributed by atoms with Crippen molar-refractivity contribution < 1.29 is 23.3 Å². The predicted molar refractivity (Wildman–Crippen MR) is 139 cm³/mol. The topological polar surface area (TPSA) is 0 Å². The van der Waals surface area contributed by atoms with E-state index in [2.05, 4.69) is 77.0 Å². The van der Waals surface area contributed by atoms with Crippen LogP contribution in [-0.4, -0.2) is 6.88 Å². The van der Waals surface area contributed by atoms with Gasteiger partial charge in [0.15, 0.2) is 0 Å².